The standard InChI is InChI=1S/C10H16N5O6P/c1-10(3-16,21-5-22(18,19)20)2-15-4-12-6-7(15)13-9(11)14-8(6)17/h4,16H,2-3,5H2,1H3,(H2,18,19,20)(H3,11,13,14,17)/t10-/m0/s1. The fraction of sp³-hybridized carbons (Fsp3) is 0.500. The lowest BCUT2D eigenvalue weighted by atomic mass is 10.1. The maximum absolute atomic E-state index is 11.7. The minimum absolute atomic E-state index is 0.0319. The molecule has 0 radical (unpaired) electrons. The molecule has 0 unspecified atom stereocenters. The van der Waals surface area contributed by atoms with E-state index in [1.165, 1.54) is 17.8 Å². The van der Waals surface area contributed by atoms with Crippen molar-refractivity contribution in [3.8, 4) is 0 Å². The number of aromatic amines is 1. The summed E-state index contributed by atoms with van der Waals surface area (Å²) in [6.07, 6.45) is 0.466. The van der Waals surface area contributed by atoms with Crippen LogP contribution in [0.15, 0.2) is 11.1 Å². The lowest BCUT2D eigenvalue weighted by Gasteiger charge is -2.28. The number of hydrogen-bond acceptors (Lipinski definition) is 7. The molecule has 2 aromatic heterocycles. The van der Waals surface area contributed by atoms with Crippen molar-refractivity contribution in [2.24, 2.45) is 0 Å². The average molecular weight is 333 g/mol. The van der Waals surface area contributed by atoms with Gasteiger partial charge in [-0.3, -0.25) is 14.3 Å². The number of nitrogen functional groups attached to an aromatic ring is 1. The fourth-order valence-electron chi connectivity index (χ4n) is 1.83. The van der Waals surface area contributed by atoms with Gasteiger partial charge in [0.1, 0.15) is 11.9 Å². The van der Waals surface area contributed by atoms with Gasteiger partial charge in [-0.2, -0.15) is 4.98 Å². The van der Waals surface area contributed by atoms with Gasteiger partial charge in [-0.05, 0) is 6.92 Å². The Morgan fingerprint density at radius 2 is 2.23 bits per heavy atom. The Hall–Kier alpha value is -1.78. The second kappa shape index (κ2) is 5.78. The summed E-state index contributed by atoms with van der Waals surface area (Å²) in [7, 11) is -4.38. The van der Waals surface area contributed by atoms with Crippen molar-refractivity contribution in [3.63, 3.8) is 0 Å². The van der Waals surface area contributed by atoms with Crippen LogP contribution >= 0.6 is 7.60 Å². The zero-order chi connectivity index (χ0) is 16.5. The molecule has 0 saturated heterocycles. The lowest BCUT2D eigenvalue weighted by Crippen LogP contribution is -2.38. The first-order valence-corrected chi connectivity index (χ1v) is 7.93. The number of H-pyrrole nitrogens is 1. The molecule has 2 heterocycles. The molecule has 0 fully saturated rings. The third kappa shape index (κ3) is 3.70. The van der Waals surface area contributed by atoms with Gasteiger partial charge in [-0.15, -0.1) is 0 Å². The van der Waals surface area contributed by atoms with Crippen LogP contribution in [0.1, 0.15) is 6.92 Å². The van der Waals surface area contributed by atoms with Crippen LogP contribution in [0, 0.1) is 0 Å². The second-order valence-electron chi connectivity index (χ2n) is 5.04. The second-order valence-corrected chi connectivity index (χ2v) is 6.63. The zero-order valence-electron chi connectivity index (χ0n) is 11.6. The van der Waals surface area contributed by atoms with Crippen LogP contribution < -0.4 is 11.3 Å². The number of aliphatic hydroxyl groups is 1. The van der Waals surface area contributed by atoms with Crippen LogP contribution in [0.25, 0.3) is 11.2 Å². The Morgan fingerprint density at radius 3 is 2.82 bits per heavy atom. The number of aliphatic hydroxyl groups excluding tert-OH is 1. The maximum atomic E-state index is 11.7. The monoisotopic (exact) mass is 333 g/mol. The third-order valence-corrected chi connectivity index (χ3v) is 3.38. The van der Waals surface area contributed by atoms with Gasteiger partial charge in [0.15, 0.2) is 11.2 Å². The molecule has 0 aromatic carbocycles. The van der Waals surface area contributed by atoms with Gasteiger partial charge in [0.05, 0.1) is 19.5 Å². The number of nitrogens with one attached hydrogen (secondary N) is 1. The van der Waals surface area contributed by atoms with E-state index in [1.807, 2.05) is 0 Å². The normalized spacial score (nSPS) is 15.1. The molecule has 0 aliphatic carbocycles. The minimum atomic E-state index is -4.38. The van der Waals surface area contributed by atoms with Crippen molar-refractivity contribution in [1.82, 2.24) is 19.5 Å². The van der Waals surface area contributed by atoms with Crippen LogP contribution in [0.3, 0.4) is 0 Å². The Bertz CT molecular complexity index is 782. The van der Waals surface area contributed by atoms with Crippen molar-refractivity contribution in [1.29, 1.82) is 0 Å². The molecular weight excluding hydrogens is 317 g/mol. The number of rotatable bonds is 6. The van der Waals surface area contributed by atoms with E-state index < -0.39 is 31.7 Å². The Labute approximate surface area is 123 Å². The molecule has 0 aliphatic heterocycles. The summed E-state index contributed by atoms with van der Waals surface area (Å²) in [5, 5.41) is 9.44. The molecule has 122 valence electrons. The van der Waals surface area contributed by atoms with Crippen LogP contribution in [-0.4, -0.2) is 53.0 Å². The van der Waals surface area contributed by atoms with Crippen LogP contribution in [0.4, 0.5) is 5.95 Å². The van der Waals surface area contributed by atoms with E-state index in [4.69, 9.17) is 20.3 Å². The van der Waals surface area contributed by atoms with Gasteiger partial charge < -0.3 is 29.9 Å². The number of ether oxygens (including phenoxy) is 1. The van der Waals surface area contributed by atoms with E-state index in [2.05, 4.69) is 15.0 Å². The zero-order valence-corrected chi connectivity index (χ0v) is 12.5. The molecule has 0 amide bonds. The van der Waals surface area contributed by atoms with Crippen molar-refractivity contribution in [2.75, 3.05) is 18.7 Å². The van der Waals surface area contributed by atoms with Gasteiger partial charge in [-0.1, -0.05) is 0 Å². The third-order valence-electron chi connectivity index (χ3n) is 2.91. The highest BCUT2D eigenvalue weighted by molar-refractivity contribution is 7.51. The topological polar surface area (TPSA) is 177 Å². The van der Waals surface area contributed by atoms with E-state index >= 15 is 0 Å². The van der Waals surface area contributed by atoms with E-state index in [9.17, 15) is 14.5 Å². The Balaban J connectivity index is 2.32. The number of aromatic nitrogens is 4. The molecule has 1 atom stereocenters. The molecule has 2 aromatic rings. The van der Waals surface area contributed by atoms with Crippen LogP contribution in [0.2, 0.25) is 0 Å². The van der Waals surface area contributed by atoms with Crippen LogP contribution in [0.5, 0.6) is 0 Å². The molecule has 12 heteroatoms. The molecule has 2 rings (SSSR count). The molecular formula is C10H16N5O6P. The Morgan fingerprint density at radius 1 is 1.55 bits per heavy atom. The summed E-state index contributed by atoms with van der Waals surface area (Å²) >= 11 is 0. The smallest absolute Gasteiger partial charge is 0.351 e. The molecule has 22 heavy (non-hydrogen) atoms. The number of fused-ring (bicyclic) bond motifs is 1. The summed E-state index contributed by atoms with van der Waals surface area (Å²) in [6.45, 7) is 0.923. The highest BCUT2D eigenvalue weighted by Crippen LogP contribution is 2.36. The average Bonchev–Trinajstić information content (AvgIpc) is 2.79. The number of nitrogens with zero attached hydrogens (tertiary/aromatic N) is 3. The molecule has 0 saturated carbocycles. The van der Waals surface area contributed by atoms with Gasteiger partial charge in [0, 0.05) is 0 Å². The highest BCUT2D eigenvalue weighted by atomic mass is 31.2. The molecule has 0 bridgehead atoms. The number of hydrogen-bond donors (Lipinski definition) is 5. The first-order valence-electron chi connectivity index (χ1n) is 6.13. The van der Waals surface area contributed by atoms with Crippen molar-refractivity contribution >= 4 is 24.7 Å². The van der Waals surface area contributed by atoms with Gasteiger partial charge >= 0.3 is 7.60 Å². The fourth-order valence-corrected chi connectivity index (χ4v) is 2.31. The SMILES string of the molecule is C[C@@](CO)(Cn1cnc2c(=O)[nH]c(N)nc21)OCP(=O)(O)O. The number of anilines is 1. The summed E-state index contributed by atoms with van der Waals surface area (Å²) in [5.74, 6) is -0.0962. The highest BCUT2D eigenvalue weighted by Gasteiger charge is 2.29. The number of imidazole rings is 1. The maximum Gasteiger partial charge on any atom is 0.351 e. The lowest BCUT2D eigenvalue weighted by molar-refractivity contribution is -0.0622. The van der Waals surface area contributed by atoms with Crippen molar-refractivity contribution in [2.45, 2.75) is 19.1 Å². The minimum Gasteiger partial charge on any atom is -0.393 e. The number of nitrogens with two attached hydrogens (primary N) is 1. The quantitative estimate of drug-likeness (QED) is 0.398. The van der Waals surface area contributed by atoms with E-state index in [0.717, 1.165) is 0 Å². The summed E-state index contributed by atoms with van der Waals surface area (Å²) in [6, 6.07) is 0. The largest absolute Gasteiger partial charge is 0.393 e. The van der Waals surface area contributed by atoms with Gasteiger partial charge in [0.2, 0.25) is 5.95 Å². The molecule has 0 aliphatic rings. The van der Waals surface area contributed by atoms with E-state index in [1.54, 1.807) is 0 Å². The van der Waals surface area contributed by atoms with E-state index in [-0.39, 0.29) is 23.7 Å². The predicted octanol–water partition coefficient (Wildman–Crippen LogP) is -1.40. The first-order chi connectivity index (χ1) is 10.1. The van der Waals surface area contributed by atoms with Crippen molar-refractivity contribution in [3.05, 3.63) is 16.7 Å². The van der Waals surface area contributed by atoms with E-state index in [0.29, 0.717) is 0 Å². The van der Waals surface area contributed by atoms with Crippen molar-refractivity contribution < 1.29 is 24.2 Å². The molecule has 6 N–H and O–H groups in total. The summed E-state index contributed by atoms with van der Waals surface area (Å²) < 4.78 is 17.4. The summed E-state index contributed by atoms with van der Waals surface area (Å²) in [5.41, 5.74) is 3.91. The van der Waals surface area contributed by atoms with Crippen LogP contribution in [-0.2, 0) is 15.8 Å². The molecule has 0 spiro atoms. The first kappa shape index (κ1) is 16.6. The van der Waals surface area contributed by atoms with Gasteiger partial charge in [-0.25, -0.2) is 4.98 Å². The Kier molecular flexibility index (Phi) is 4.36. The summed E-state index contributed by atoms with van der Waals surface area (Å²) in [4.78, 5) is 39.5. The van der Waals surface area contributed by atoms with Gasteiger partial charge in [0.25, 0.3) is 5.56 Å². The molecule has 11 nitrogen and oxygen atoms in total. The predicted molar refractivity (Wildman–Crippen MR) is 76.0 cm³/mol.